The highest BCUT2D eigenvalue weighted by Gasteiger charge is 2.24. The summed E-state index contributed by atoms with van der Waals surface area (Å²) in [7, 11) is 1.74. The Morgan fingerprint density at radius 1 is 1.48 bits per heavy atom. The Bertz CT molecular complexity index is 556. The Labute approximate surface area is 158 Å². The van der Waals surface area contributed by atoms with E-state index >= 15 is 0 Å². The first-order valence-electron chi connectivity index (χ1n) is 7.35. The lowest BCUT2D eigenvalue weighted by Crippen LogP contribution is -2.42. The van der Waals surface area contributed by atoms with Crippen molar-refractivity contribution in [3.63, 3.8) is 0 Å². The second-order valence-corrected chi connectivity index (χ2v) is 6.50. The second-order valence-electron chi connectivity index (χ2n) is 5.36. The lowest BCUT2D eigenvalue weighted by molar-refractivity contribution is -0.384. The Morgan fingerprint density at radius 2 is 2.26 bits per heavy atom. The monoisotopic (exact) mass is 450 g/mol. The number of guanidine groups is 1. The molecule has 6 nitrogen and oxygen atoms in total. The van der Waals surface area contributed by atoms with E-state index in [1.54, 1.807) is 19.2 Å². The number of halogens is 1. The summed E-state index contributed by atoms with van der Waals surface area (Å²) in [6.45, 7) is 0.514. The molecule has 23 heavy (non-hydrogen) atoms. The molecule has 2 N–H and O–H groups in total. The number of nitro groups is 1. The van der Waals surface area contributed by atoms with E-state index in [2.05, 4.69) is 21.9 Å². The van der Waals surface area contributed by atoms with E-state index in [0.717, 1.165) is 29.6 Å². The molecule has 1 aromatic rings. The molecule has 2 rings (SSSR count). The zero-order chi connectivity index (χ0) is 15.9. The van der Waals surface area contributed by atoms with E-state index in [0.29, 0.717) is 12.6 Å². The molecule has 1 aromatic carbocycles. The molecule has 8 heteroatoms. The maximum Gasteiger partial charge on any atom is 0.269 e. The van der Waals surface area contributed by atoms with Crippen LogP contribution in [0.2, 0.25) is 0 Å². The van der Waals surface area contributed by atoms with Crippen LogP contribution in [-0.2, 0) is 6.54 Å². The van der Waals surface area contributed by atoms with Crippen molar-refractivity contribution in [2.45, 2.75) is 37.1 Å². The van der Waals surface area contributed by atoms with Crippen molar-refractivity contribution in [3.8, 4) is 0 Å². The highest BCUT2D eigenvalue weighted by molar-refractivity contribution is 14.0. The van der Waals surface area contributed by atoms with E-state index in [4.69, 9.17) is 0 Å². The molecule has 1 aliphatic carbocycles. The second kappa shape index (κ2) is 9.96. The fraction of sp³-hybridized carbons (Fsp3) is 0.533. The molecule has 0 radical (unpaired) electrons. The van der Waals surface area contributed by atoms with Gasteiger partial charge in [0, 0.05) is 37.0 Å². The van der Waals surface area contributed by atoms with Gasteiger partial charge in [0.2, 0.25) is 0 Å². The number of hydrogen-bond donors (Lipinski definition) is 2. The molecule has 0 spiro atoms. The van der Waals surface area contributed by atoms with Gasteiger partial charge in [0.25, 0.3) is 5.69 Å². The molecule has 0 amide bonds. The quantitative estimate of drug-likeness (QED) is 0.237. The molecular weight excluding hydrogens is 427 g/mol. The minimum atomic E-state index is -0.377. The van der Waals surface area contributed by atoms with Crippen molar-refractivity contribution >= 4 is 47.4 Å². The number of nitro benzene ring substituents is 1. The van der Waals surface area contributed by atoms with Gasteiger partial charge >= 0.3 is 0 Å². The van der Waals surface area contributed by atoms with Gasteiger partial charge in [0.1, 0.15) is 0 Å². The van der Waals surface area contributed by atoms with E-state index in [9.17, 15) is 10.1 Å². The zero-order valence-electron chi connectivity index (χ0n) is 13.3. The summed E-state index contributed by atoms with van der Waals surface area (Å²) in [5.41, 5.74) is 0.978. The first kappa shape index (κ1) is 20.0. The summed E-state index contributed by atoms with van der Waals surface area (Å²) in [6, 6.07) is 7.10. The van der Waals surface area contributed by atoms with Crippen LogP contribution in [0.1, 0.15) is 24.8 Å². The molecule has 0 saturated heterocycles. The van der Waals surface area contributed by atoms with Gasteiger partial charge in [0.15, 0.2) is 5.96 Å². The predicted octanol–water partition coefficient (Wildman–Crippen LogP) is 3.16. The van der Waals surface area contributed by atoms with Crippen LogP contribution < -0.4 is 10.6 Å². The zero-order valence-corrected chi connectivity index (χ0v) is 16.5. The Morgan fingerprint density at radius 3 is 2.87 bits per heavy atom. The third kappa shape index (κ3) is 6.17. The number of benzene rings is 1. The van der Waals surface area contributed by atoms with Crippen LogP contribution in [0.5, 0.6) is 0 Å². The number of thioether (sulfide) groups is 1. The molecule has 1 saturated carbocycles. The van der Waals surface area contributed by atoms with Crippen molar-refractivity contribution in [1.29, 1.82) is 0 Å². The third-order valence-corrected chi connectivity index (χ3v) is 4.96. The SMILES string of the molecule is CN=C(NCc1cccc([N+](=O)[O-])c1)NC1CCC(SC)C1.I. The van der Waals surface area contributed by atoms with E-state index < -0.39 is 0 Å². The third-order valence-electron chi connectivity index (χ3n) is 3.86. The minimum Gasteiger partial charge on any atom is -0.354 e. The van der Waals surface area contributed by atoms with Crippen molar-refractivity contribution in [3.05, 3.63) is 39.9 Å². The Hall–Kier alpha value is -1.03. The van der Waals surface area contributed by atoms with Gasteiger partial charge in [-0.25, -0.2) is 0 Å². The summed E-state index contributed by atoms with van der Waals surface area (Å²) < 4.78 is 0. The van der Waals surface area contributed by atoms with Crippen LogP contribution in [0.3, 0.4) is 0 Å². The number of non-ortho nitro benzene ring substituents is 1. The normalized spacial score (nSPS) is 20.7. The lowest BCUT2D eigenvalue weighted by atomic mass is 10.2. The molecule has 0 bridgehead atoms. The summed E-state index contributed by atoms with van der Waals surface area (Å²) >= 11 is 1.92. The Kier molecular flexibility index (Phi) is 8.67. The van der Waals surface area contributed by atoms with Gasteiger partial charge in [-0.3, -0.25) is 15.1 Å². The van der Waals surface area contributed by atoms with Crippen molar-refractivity contribution < 1.29 is 4.92 Å². The molecule has 0 aliphatic heterocycles. The van der Waals surface area contributed by atoms with Crippen LogP contribution in [0.25, 0.3) is 0 Å². The average molecular weight is 450 g/mol. The first-order chi connectivity index (χ1) is 10.6. The van der Waals surface area contributed by atoms with E-state index in [1.807, 2.05) is 17.8 Å². The average Bonchev–Trinajstić information content (AvgIpc) is 2.99. The number of aliphatic imine (C=N–C) groups is 1. The highest BCUT2D eigenvalue weighted by atomic mass is 127. The molecule has 0 aromatic heterocycles. The van der Waals surface area contributed by atoms with Crippen LogP contribution in [-0.4, -0.2) is 35.5 Å². The topological polar surface area (TPSA) is 79.6 Å². The molecule has 2 unspecified atom stereocenters. The Balaban J connectivity index is 0.00000264. The fourth-order valence-electron chi connectivity index (χ4n) is 2.64. The highest BCUT2D eigenvalue weighted by Crippen LogP contribution is 2.28. The summed E-state index contributed by atoms with van der Waals surface area (Å²) in [4.78, 5) is 14.6. The van der Waals surface area contributed by atoms with Gasteiger partial charge in [-0.2, -0.15) is 11.8 Å². The van der Waals surface area contributed by atoms with Crippen LogP contribution >= 0.6 is 35.7 Å². The summed E-state index contributed by atoms with van der Waals surface area (Å²) in [5, 5.41) is 18.2. The van der Waals surface area contributed by atoms with Crippen molar-refractivity contribution in [2.24, 2.45) is 4.99 Å². The maximum absolute atomic E-state index is 10.8. The molecule has 1 fully saturated rings. The smallest absolute Gasteiger partial charge is 0.269 e. The fourth-order valence-corrected chi connectivity index (χ4v) is 3.44. The van der Waals surface area contributed by atoms with E-state index in [-0.39, 0.29) is 34.6 Å². The number of nitrogens with one attached hydrogen (secondary N) is 2. The van der Waals surface area contributed by atoms with Gasteiger partial charge < -0.3 is 10.6 Å². The van der Waals surface area contributed by atoms with Crippen LogP contribution in [0.15, 0.2) is 29.3 Å². The summed E-state index contributed by atoms with van der Waals surface area (Å²) in [6.07, 6.45) is 5.70. The maximum atomic E-state index is 10.8. The molecule has 0 heterocycles. The molecule has 128 valence electrons. The van der Waals surface area contributed by atoms with Gasteiger partial charge in [-0.1, -0.05) is 12.1 Å². The first-order valence-corrected chi connectivity index (χ1v) is 8.64. The largest absolute Gasteiger partial charge is 0.354 e. The number of rotatable bonds is 5. The lowest BCUT2D eigenvalue weighted by Gasteiger charge is -2.17. The molecule has 1 aliphatic rings. The van der Waals surface area contributed by atoms with Gasteiger partial charge in [-0.05, 0) is 31.1 Å². The van der Waals surface area contributed by atoms with Crippen molar-refractivity contribution in [2.75, 3.05) is 13.3 Å². The minimum absolute atomic E-state index is 0. The standard InChI is InChI=1S/C15H22N4O2S.HI/c1-16-15(18-12-6-7-14(9-12)22-2)17-10-11-4-3-5-13(8-11)19(20)21;/h3-5,8,12,14H,6-7,9-10H2,1-2H3,(H2,16,17,18);1H. The van der Waals surface area contributed by atoms with E-state index in [1.165, 1.54) is 12.5 Å². The number of nitrogens with zero attached hydrogens (tertiary/aromatic N) is 2. The summed E-state index contributed by atoms with van der Waals surface area (Å²) in [5.74, 6) is 0.748. The van der Waals surface area contributed by atoms with Gasteiger partial charge in [0.05, 0.1) is 4.92 Å². The van der Waals surface area contributed by atoms with Crippen molar-refractivity contribution in [1.82, 2.24) is 10.6 Å². The predicted molar refractivity (Wildman–Crippen MR) is 107 cm³/mol. The van der Waals surface area contributed by atoms with Gasteiger partial charge in [-0.15, -0.1) is 24.0 Å². The van der Waals surface area contributed by atoms with Crippen LogP contribution in [0.4, 0.5) is 5.69 Å². The number of hydrogen-bond acceptors (Lipinski definition) is 4. The molecular formula is C15H23IN4O2S. The van der Waals surface area contributed by atoms with Crippen LogP contribution in [0, 0.1) is 10.1 Å². The molecule has 2 atom stereocenters.